The van der Waals surface area contributed by atoms with Crippen LogP contribution in [0.4, 0.5) is 0 Å². The Bertz CT molecular complexity index is 176. The van der Waals surface area contributed by atoms with Gasteiger partial charge in [0.25, 0.3) is 0 Å². The summed E-state index contributed by atoms with van der Waals surface area (Å²) in [5.41, 5.74) is 0. The normalized spacial score (nSPS) is 16.9. The fraction of sp³-hybridized carbons (Fsp3) is 0.917. The third-order valence-electron chi connectivity index (χ3n) is 3.11. The van der Waals surface area contributed by atoms with Crippen LogP contribution in [0.5, 0.6) is 0 Å². The van der Waals surface area contributed by atoms with Crippen LogP contribution in [0.2, 0.25) is 0 Å². The molecule has 1 amide bonds. The minimum absolute atomic E-state index is 0.214. The molecule has 0 atom stereocenters. The first-order valence-electron chi connectivity index (χ1n) is 6.20. The van der Waals surface area contributed by atoms with Crippen molar-refractivity contribution in [3.05, 3.63) is 0 Å². The molecule has 1 fully saturated rings. The van der Waals surface area contributed by atoms with E-state index >= 15 is 0 Å². The van der Waals surface area contributed by atoms with Gasteiger partial charge < -0.3 is 10.4 Å². The van der Waals surface area contributed by atoms with Crippen LogP contribution in [0.1, 0.15) is 51.4 Å². The van der Waals surface area contributed by atoms with Crippen LogP contribution in [0.25, 0.3) is 0 Å². The number of aliphatic hydroxyl groups is 1. The summed E-state index contributed by atoms with van der Waals surface area (Å²) in [6.45, 7) is 1.03. The van der Waals surface area contributed by atoms with E-state index in [1.807, 2.05) is 0 Å². The molecular weight excluding hydrogens is 190 g/mol. The summed E-state index contributed by atoms with van der Waals surface area (Å²) in [6, 6.07) is 0. The molecule has 15 heavy (non-hydrogen) atoms. The van der Waals surface area contributed by atoms with Crippen LogP contribution in [0, 0.1) is 5.92 Å². The Morgan fingerprint density at radius 3 is 2.60 bits per heavy atom. The highest BCUT2D eigenvalue weighted by Gasteiger charge is 2.17. The van der Waals surface area contributed by atoms with Gasteiger partial charge in [-0.2, -0.15) is 0 Å². The maximum atomic E-state index is 11.5. The molecule has 0 heterocycles. The fourth-order valence-electron chi connectivity index (χ4n) is 2.19. The molecule has 0 aromatic carbocycles. The molecule has 0 aromatic rings. The number of carbonyl (C=O) groups excluding carboxylic acids is 1. The predicted molar refractivity (Wildman–Crippen MR) is 60.5 cm³/mol. The van der Waals surface area contributed by atoms with Crippen molar-refractivity contribution in [2.45, 2.75) is 51.4 Å². The minimum atomic E-state index is 0.214. The summed E-state index contributed by atoms with van der Waals surface area (Å²) in [7, 11) is 0. The van der Waals surface area contributed by atoms with Crippen molar-refractivity contribution in [2.24, 2.45) is 5.92 Å². The molecule has 0 aliphatic heterocycles. The van der Waals surface area contributed by atoms with Gasteiger partial charge in [-0.25, -0.2) is 0 Å². The highest BCUT2D eigenvalue weighted by Crippen LogP contribution is 2.27. The number of hydrogen-bond acceptors (Lipinski definition) is 2. The lowest BCUT2D eigenvalue weighted by molar-refractivity contribution is -0.121. The predicted octanol–water partition coefficient (Wildman–Crippen LogP) is 1.85. The van der Waals surface area contributed by atoms with Crippen molar-refractivity contribution >= 4 is 5.91 Å². The van der Waals surface area contributed by atoms with E-state index in [0.717, 1.165) is 32.2 Å². The maximum Gasteiger partial charge on any atom is 0.220 e. The van der Waals surface area contributed by atoms with E-state index in [1.54, 1.807) is 0 Å². The lowest BCUT2D eigenvalue weighted by Gasteiger charge is -2.09. The van der Waals surface area contributed by atoms with Gasteiger partial charge in [-0.15, -0.1) is 0 Å². The molecule has 1 rings (SSSR count). The smallest absolute Gasteiger partial charge is 0.220 e. The summed E-state index contributed by atoms with van der Waals surface area (Å²) in [4.78, 5) is 11.5. The second kappa shape index (κ2) is 7.69. The van der Waals surface area contributed by atoms with Crippen molar-refractivity contribution in [3.63, 3.8) is 0 Å². The first-order chi connectivity index (χ1) is 7.33. The number of unbranched alkanes of at least 4 members (excludes halogenated alkanes) is 2. The monoisotopic (exact) mass is 213 g/mol. The number of amides is 1. The number of aliphatic hydroxyl groups excluding tert-OH is 1. The number of nitrogens with one attached hydrogen (secondary N) is 1. The molecule has 1 saturated carbocycles. The van der Waals surface area contributed by atoms with Crippen LogP contribution in [0.15, 0.2) is 0 Å². The second-order valence-corrected chi connectivity index (χ2v) is 4.49. The van der Waals surface area contributed by atoms with E-state index in [-0.39, 0.29) is 12.5 Å². The summed E-state index contributed by atoms with van der Waals surface area (Å²) in [5.74, 6) is 0.855. The third-order valence-corrected chi connectivity index (χ3v) is 3.11. The summed E-state index contributed by atoms with van der Waals surface area (Å²) >= 11 is 0. The SMILES string of the molecule is O=C(CC1CCCC1)NCCCCCO. The van der Waals surface area contributed by atoms with Crippen molar-refractivity contribution in [2.75, 3.05) is 13.2 Å². The van der Waals surface area contributed by atoms with E-state index in [0.29, 0.717) is 5.92 Å². The molecule has 1 aliphatic carbocycles. The number of carbonyl (C=O) groups is 1. The average Bonchev–Trinajstić information content (AvgIpc) is 2.70. The maximum absolute atomic E-state index is 11.5. The zero-order chi connectivity index (χ0) is 10.9. The zero-order valence-electron chi connectivity index (χ0n) is 9.50. The van der Waals surface area contributed by atoms with E-state index in [9.17, 15) is 4.79 Å². The summed E-state index contributed by atoms with van der Waals surface area (Å²) in [5, 5.41) is 11.5. The molecule has 0 spiro atoms. The Morgan fingerprint density at radius 2 is 1.93 bits per heavy atom. The van der Waals surface area contributed by atoms with Crippen molar-refractivity contribution < 1.29 is 9.90 Å². The molecule has 0 aromatic heterocycles. The molecule has 0 saturated heterocycles. The van der Waals surface area contributed by atoms with Gasteiger partial charge >= 0.3 is 0 Å². The van der Waals surface area contributed by atoms with Gasteiger partial charge in [-0.3, -0.25) is 4.79 Å². The molecule has 0 bridgehead atoms. The van der Waals surface area contributed by atoms with Crippen LogP contribution in [0.3, 0.4) is 0 Å². The van der Waals surface area contributed by atoms with E-state index < -0.39 is 0 Å². The highest BCUT2D eigenvalue weighted by molar-refractivity contribution is 5.76. The highest BCUT2D eigenvalue weighted by atomic mass is 16.2. The van der Waals surface area contributed by atoms with E-state index in [4.69, 9.17) is 5.11 Å². The minimum Gasteiger partial charge on any atom is -0.396 e. The molecule has 3 nitrogen and oxygen atoms in total. The van der Waals surface area contributed by atoms with Crippen molar-refractivity contribution in [3.8, 4) is 0 Å². The standard InChI is InChI=1S/C12H23NO2/c14-9-5-1-4-8-13-12(15)10-11-6-2-3-7-11/h11,14H,1-10H2,(H,13,15). The van der Waals surface area contributed by atoms with Gasteiger partial charge in [-0.05, 0) is 38.0 Å². The van der Waals surface area contributed by atoms with Gasteiger partial charge in [0.05, 0.1) is 0 Å². The lowest BCUT2D eigenvalue weighted by Crippen LogP contribution is -2.26. The van der Waals surface area contributed by atoms with Gasteiger partial charge in [0.15, 0.2) is 0 Å². The van der Waals surface area contributed by atoms with E-state index in [2.05, 4.69) is 5.32 Å². The summed E-state index contributed by atoms with van der Waals surface area (Å²) in [6.07, 6.45) is 8.62. The van der Waals surface area contributed by atoms with E-state index in [1.165, 1.54) is 25.7 Å². The van der Waals surface area contributed by atoms with Crippen molar-refractivity contribution in [1.29, 1.82) is 0 Å². The quantitative estimate of drug-likeness (QED) is 0.634. The molecule has 88 valence electrons. The Balaban J connectivity index is 1.93. The fourth-order valence-corrected chi connectivity index (χ4v) is 2.19. The first kappa shape index (κ1) is 12.5. The molecule has 2 N–H and O–H groups in total. The number of rotatable bonds is 7. The van der Waals surface area contributed by atoms with Crippen LogP contribution >= 0.6 is 0 Å². The average molecular weight is 213 g/mol. The van der Waals surface area contributed by atoms with Gasteiger partial charge in [0.1, 0.15) is 0 Å². The Kier molecular flexibility index (Phi) is 6.41. The molecule has 3 heteroatoms. The number of hydrogen-bond donors (Lipinski definition) is 2. The molecule has 0 radical (unpaired) electrons. The van der Waals surface area contributed by atoms with Crippen LogP contribution < -0.4 is 5.32 Å². The van der Waals surface area contributed by atoms with Gasteiger partial charge in [0, 0.05) is 19.6 Å². The van der Waals surface area contributed by atoms with Gasteiger partial charge in [0.2, 0.25) is 5.91 Å². The third kappa shape index (κ3) is 5.78. The Morgan fingerprint density at radius 1 is 1.20 bits per heavy atom. The zero-order valence-corrected chi connectivity index (χ0v) is 9.50. The van der Waals surface area contributed by atoms with Crippen LogP contribution in [-0.2, 0) is 4.79 Å². The topological polar surface area (TPSA) is 49.3 Å². The Hall–Kier alpha value is -0.570. The lowest BCUT2D eigenvalue weighted by atomic mass is 10.0. The first-order valence-corrected chi connectivity index (χ1v) is 6.20. The van der Waals surface area contributed by atoms with Crippen LogP contribution in [-0.4, -0.2) is 24.2 Å². The summed E-state index contributed by atoms with van der Waals surface area (Å²) < 4.78 is 0. The Labute approximate surface area is 92.3 Å². The molecule has 1 aliphatic rings. The molecular formula is C12H23NO2. The molecule has 0 unspecified atom stereocenters. The second-order valence-electron chi connectivity index (χ2n) is 4.49. The largest absolute Gasteiger partial charge is 0.396 e. The van der Waals surface area contributed by atoms with Crippen molar-refractivity contribution in [1.82, 2.24) is 5.32 Å². The van der Waals surface area contributed by atoms with Gasteiger partial charge in [-0.1, -0.05) is 12.8 Å².